The molecular formula is C85H82Br3N23O9. The Hall–Kier alpha value is -12.1. The Balaban J connectivity index is 0.000000134. The van der Waals surface area contributed by atoms with Gasteiger partial charge in [0.25, 0.3) is 0 Å². The molecule has 6 amide bonds. The summed E-state index contributed by atoms with van der Waals surface area (Å²) in [6.07, 6.45) is 16.1. The van der Waals surface area contributed by atoms with Crippen molar-refractivity contribution < 1.29 is 43.2 Å². The number of amides is 6. The number of halogens is 3. The average molecular weight is 1810 g/mol. The van der Waals surface area contributed by atoms with Crippen molar-refractivity contribution in [1.82, 2.24) is 98.9 Å². The molecule has 3 saturated carbocycles. The number of piperidine rings is 3. The van der Waals surface area contributed by atoms with Gasteiger partial charge in [-0.25, -0.2) is 44.9 Å². The zero-order valence-electron chi connectivity index (χ0n) is 67.6. The maximum atomic E-state index is 13.9. The molecule has 6 aliphatic rings. The topological polar surface area (TPSA) is 395 Å². The summed E-state index contributed by atoms with van der Waals surface area (Å²) in [4.78, 5) is 172. The van der Waals surface area contributed by atoms with Crippen LogP contribution in [0.15, 0.2) is 130 Å². The van der Waals surface area contributed by atoms with Gasteiger partial charge in [-0.1, -0.05) is 39.0 Å². The van der Waals surface area contributed by atoms with Crippen molar-refractivity contribution in [2.45, 2.75) is 177 Å². The Kier molecular flexibility index (Phi) is 21.5. The monoisotopic (exact) mass is 1810 g/mol. The third-order valence-electron chi connectivity index (χ3n) is 23.6. The molecule has 0 unspecified atom stereocenters. The van der Waals surface area contributed by atoms with E-state index in [1.54, 1.807) is 131 Å². The number of Topliss-reactive ketones (excluding diaryl/α,β-unsaturated/α-hetero) is 3. The molecule has 0 radical (unpaired) electrons. The highest BCUT2D eigenvalue weighted by Crippen LogP contribution is 2.61. The number of hydrogen-bond donors (Lipinski definition) is 3. The number of ketones is 3. The summed E-state index contributed by atoms with van der Waals surface area (Å²) in [5.41, 5.74) is 9.19. The third-order valence-corrected chi connectivity index (χ3v) is 25.3. The van der Waals surface area contributed by atoms with Crippen LogP contribution >= 0.6 is 47.8 Å². The SMILES string of the molecule is CC(=O)c1nn(CC(=O)N2[C@H](C(=O)Nc3ccc(C)c(Br)n3)C[C@@]3(C)C[C@@H]23)c2c(C)nc(-c3cnc(C)nc3)cc12.CC(=O)c1nn(CC(=O)N2[C@H](C(=O)Nc3cccc(Br)n3)C[C@@]3(C)C[C@@H]23)c2c(C)cc(-c3cnc(C)nc3)cc12.CC(=O)c1nn(CC(=O)N2[C@H](C(=O)Nc3cccc(Br)n3)C[C@@]3(C)C[C@@H]23)c2cnc(-c3cnc(C)nc3)cc12. The fraction of sp³-hybridized carbons (Fsp3) is 0.353. The largest absolute Gasteiger partial charge is 0.325 e. The smallest absolute Gasteiger partial charge is 0.248 e. The predicted molar refractivity (Wildman–Crippen MR) is 453 cm³/mol. The van der Waals surface area contributed by atoms with Gasteiger partial charge in [0.2, 0.25) is 35.4 Å². The first kappa shape index (κ1) is 81.6. The van der Waals surface area contributed by atoms with Crippen LogP contribution in [0.3, 0.4) is 0 Å². The third kappa shape index (κ3) is 16.0. The van der Waals surface area contributed by atoms with Crippen LogP contribution in [0.1, 0.15) is 146 Å². The second kappa shape index (κ2) is 31.6. The maximum Gasteiger partial charge on any atom is 0.248 e. The van der Waals surface area contributed by atoms with Gasteiger partial charge < -0.3 is 30.7 Å². The van der Waals surface area contributed by atoms with Gasteiger partial charge in [-0.3, -0.25) is 67.2 Å². The van der Waals surface area contributed by atoms with E-state index in [4.69, 9.17) is 4.98 Å². The number of likely N-dealkylation sites (tertiary alicyclic amines) is 3. The van der Waals surface area contributed by atoms with Crippen LogP contribution in [-0.2, 0) is 48.4 Å². The molecule has 6 fully saturated rings. The quantitative estimate of drug-likeness (QED) is 0.0530. The van der Waals surface area contributed by atoms with Gasteiger partial charge in [0, 0.05) is 109 Å². The van der Waals surface area contributed by atoms with Crippen molar-refractivity contribution >= 4 is 151 Å². The minimum absolute atomic E-state index is 0.00504. The molecule has 3 saturated heterocycles. The predicted octanol–water partition coefficient (Wildman–Crippen LogP) is 12.3. The molecule has 11 aromatic heterocycles. The Morgan fingerprint density at radius 3 is 1.23 bits per heavy atom. The summed E-state index contributed by atoms with van der Waals surface area (Å²) < 4.78 is 6.51. The minimum atomic E-state index is -0.630. The molecule has 12 aromatic rings. The van der Waals surface area contributed by atoms with Crippen molar-refractivity contribution in [1.29, 1.82) is 0 Å². The zero-order chi connectivity index (χ0) is 85.0. The van der Waals surface area contributed by atoms with Gasteiger partial charge in [0.15, 0.2) is 17.3 Å². The van der Waals surface area contributed by atoms with Crippen molar-refractivity contribution in [3.63, 3.8) is 0 Å². The van der Waals surface area contributed by atoms with E-state index in [1.807, 2.05) is 45.9 Å². The van der Waals surface area contributed by atoms with E-state index in [9.17, 15) is 43.2 Å². The summed E-state index contributed by atoms with van der Waals surface area (Å²) in [7, 11) is 0. The summed E-state index contributed by atoms with van der Waals surface area (Å²) in [6.45, 7) is 21.4. The molecule has 3 N–H and O–H groups in total. The van der Waals surface area contributed by atoms with Crippen LogP contribution in [0.4, 0.5) is 17.5 Å². The molecule has 32 nitrogen and oxygen atoms in total. The number of nitrogens with zero attached hydrogens (tertiary/aromatic N) is 20. The van der Waals surface area contributed by atoms with Gasteiger partial charge in [-0.15, -0.1) is 0 Å². The van der Waals surface area contributed by atoms with Crippen LogP contribution in [-0.4, -0.2) is 188 Å². The van der Waals surface area contributed by atoms with E-state index in [0.717, 1.165) is 41.5 Å². The van der Waals surface area contributed by atoms with Crippen molar-refractivity contribution in [3.05, 3.63) is 181 Å². The summed E-state index contributed by atoms with van der Waals surface area (Å²) in [6, 6.07) is 19.7. The Labute approximate surface area is 712 Å². The standard InChI is InChI=1S/C29H29BrN8O3.C29H28BrN7O3.C27H25BrN8O3/c1-14-6-7-23(34-27(14)30)35-28(41)21-9-29(5)10-22(29)38(21)24(40)13-37-26-15(2)33-20(18-11-31-17(4)32-12-18)8-19(26)25(36-37)16(3)39;1-15-8-18(19-12-31-17(3)32-13-19)9-20-26(16(2)38)35-36(27(15)20)14-25(39)37-21(10-29(4)11-22(29)37)28(40)34-24-7-5-6-23(30)33-24;1-14(37)25-17-7-18(16-10-29-15(2)30-11-16)31-12-20(17)35(34-25)13-24(38)36-19(8-27(3)9-21(27)36)26(39)33-23-6-4-5-22(28)32-23/h6-8,11-12,21-22H,9-10,13H2,1-5H3,(H,34,35,41);5-9,12-13,21-22H,10-11,14H2,1-4H3,(H,33,34,40);4-7,10-12,19,21H,8-9,13H2,1-3H3,(H,32,33,39)/t2*21-,22+,29-;19-,21+,27-/m000/s1. The second-order valence-electron chi connectivity index (χ2n) is 32.7. The van der Waals surface area contributed by atoms with E-state index in [1.165, 1.54) is 30.1 Å². The number of anilines is 3. The summed E-state index contributed by atoms with van der Waals surface area (Å²) >= 11 is 10.0. The molecule has 0 bridgehead atoms. The average Bonchev–Trinajstić information content (AvgIpc) is 1.55. The first-order chi connectivity index (χ1) is 57.1. The summed E-state index contributed by atoms with van der Waals surface area (Å²) in [5.74, 6) is 1.10. The van der Waals surface area contributed by atoms with Crippen LogP contribution in [0.5, 0.6) is 0 Å². The van der Waals surface area contributed by atoms with Gasteiger partial charge in [-0.2, -0.15) is 15.3 Å². The molecule has 120 heavy (non-hydrogen) atoms. The van der Waals surface area contributed by atoms with E-state index >= 15 is 0 Å². The molecule has 1 aromatic carbocycles. The number of pyridine rings is 5. The Morgan fingerprint density at radius 2 is 0.792 bits per heavy atom. The lowest BCUT2D eigenvalue weighted by Crippen LogP contribution is -2.46. The minimum Gasteiger partial charge on any atom is -0.325 e. The van der Waals surface area contributed by atoms with Gasteiger partial charge in [0.05, 0.1) is 39.8 Å². The molecule has 35 heteroatoms. The lowest BCUT2D eigenvalue weighted by atomic mass is 10.0. The fourth-order valence-electron chi connectivity index (χ4n) is 17.1. The second-order valence-corrected chi connectivity index (χ2v) is 35.0. The molecular weight excluding hydrogens is 1730 g/mol. The van der Waals surface area contributed by atoms with Gasteiger partial charge in [-0.05, 0) is 215 Å². The molecule has 3 aliphatic heterocycles. The zero-order valence-corrected chi connectivity index (χ0v) is 72.3. The number of aryl methyl sites for hydroxylation is 6. The van der Waals surface area contributed by atoms with E-state index in [0.29, 0.717) is 135 Å². The molecule has 612 valence electrons. The van der Waals surface area contributed by atoms with E-state index < -0.39 is 18.1 Å². The van der Waals surface area contributed by atoms with Crippen LogP contribution in [0.25, 0.3) is 66.4 Å². The van der Waals surface area contributed by atoms with Crippen LogP contribution in [0, 0.1) is 57.8 Å². The Bertz CT molecular complexity index is 6300. The first-order valence-corrected chi connectivity index (χ1v) is 41.4. The lowest BCUT2D eigenvalue weighted by molar-refractivity contribution is -0.138. The fourth-order valence-corrected chi connectivity index (χ4v) is 18.1. The lowest BCUT2D eigenvalue weighted by Gasteiger charge is -2.27. The molecule has 18 rings (SSSR count). The van der Waals surface area contributed by atoms with Crippen molar-refractivity contribution in [3.8, 4) is 33.6 Å². The maximum absolute atomic E-state index is 13.9. The number of benzene rings is 1. The first-order valence-electron chi connectivity index (χ1n) is 39.0. The van der Waals surface area contributed by atoms with Crippen molar-refractivity contribution in [2.24, 2.45) is 16.2 Å². The highest BCUT2D eigenvalue weighted by molar-refractivity contribution is 9.11. The number of aromatic nitrogens is 17. The molecule has 3 aliphatic carbocycles. The highest BCUT2D eigenvalue weighted by atomic mass is 79.9. The summed E-state index contributed by atoms with van der Waals surface area (Å²) in [5, 5.41) is 24.1. The normalized spacial score (nSPS) is 21.4. The number of rotatable bonds is 18. The van der Waals surface area contributed by atoms with E-state index in [-0.39, 0.29) is 118 Å². The number of carbonyl (C=O) groups is 9. The van der Waals surface area contributed by atoms with E-state index in [2.05, 4.69) is 150 Å². The highest BCUT2D eigenvalue weighted by Gasteiger charge is 2.67. The van der Waals surface area contributed by atoms with Gasteiger partial charge >= 0.3 is 0 Å². The molecule has 9 atom stereocenters. The number of nitrogens with one attached hydrogen (secondary N) is 3. The van der Waals surface area contributed by atoms with Crippen LogP contribution < -0.4 is 16.0 Å². The number of carbonyl (C=O) groups excluding carboxylic acids is 9. The van der Waals surface area contributed by atoms with Gasteiger partial charge in [0.1, 0.15) is 104 Å². The van der Waals surface area contributed by atoms with Crippen molar-refractivity contribution in [2.75, 3.05) is 16.0 Å². The Morgan fingerprint density at radius 1 is 0.400 bits per heavy atom. The number of fused-ring (bicyclic) bond motifs is 6. The molecule has 0 spiro atoms. The number of hydrogen-bond acceptors (Lipinski definition) is 23. The molecule has 14 heterocycles. The van der Waals surface area contributed by atoms with Crippen LogP contribution in [0.2, 0.25) is 0 Å².